The van der Waals surface area contributed by atoms with Crippen molar-refractivity contribution >= 4 is 0 Å². The molecule has 0 saturated heterocycles. The van der Waals surface area contributed by atoms with Gasteiger partial charge in [-0.2, -0.15) is 0 Å². The van der Waals surface area contributed by atoms with E-state index >= 15 is 0 Å². The maximum Gasteiger partial charge on any atom is 0.160 e. The van der Waals surface area contributed by atoms with Crippen molar-refractivity contribution < 1.29 is 18.9 Å². The third-order valence-corrected chi connectivity index (χ3v) is 2.61. The van der Waals surface area contributed by atoms with E-state index in [0.717, 1.165) is 19.4 Å². The Bertz CT molecular complexity index is 169. The van der Waals surface area contributed by atoms with E-state index in [0.29, 0.717) is 19.8 Å². The van der Waals surface area contributed by atoms with E-state index in [4.69, 9.17) is 18.9 Å². The second-order valence-electron chi connectivity index (χ2n) is 4.15. The molecule has 0 aromatic rings. The zero-order valence-electron chi connectivity index (χ0n) is 12.6. The van der Waals surface area contributed by atoms with Crippen LogP contribution in [0.25, 0.3) is 0 Å². The van der Waals surface area contributed by atoms with Crippen molar-refractivity contribution in [3.8, 4) is 0 Å². The molecule has 0 spiro atoms. The molecular weight excluding hydrogens is 232 g/mol. The summed E-state index contributed by atoms with van der Waals surface area (Å²) in [7, 11) is 0. The van der Waals surface area contributed by atoms with Gasteiger partial charge in [0, 0.05) is 32.8 Å². The lowest BCUT2D eigenvalue weighted by atomic mass is 10.1. The van der Waals surface area contributed by atoms with E-state index in [-0.39, 0.29) is 18.5 Å². The minimum absolute atomic E-state index is 0.125. The zero-order chi connectivity index (χ0) is 13.8. The molecule has 0 saturated carbocycles. The fourth-order valence-corrected chi connectivity index (χ4v) is 1.96. The van der Waals surface area contributed by atoms with E-state index in [9.17, 15) is 0 Å². The van der Waals surface area contributed by atoms with Gasteiger partial charge >= 0.3 is 0 Å². The number of hydrogen-bond donors (Lipinski definition) is 0. The molecule has 0 aromatic heterocycles. The van der Waals surface area contributed by atoms with Crippen LogP contribution in [0.2, 0.25) is 0 Å². The molecule has 0 aliphatic heterocycles. The van der Waals surface area contributed by atoms with Gasteiger partial charge in [-0.3, -0.25) is 0 Å². The SMILES string of the molecule is CCOC(C)CC(CC(OCC)OCC)OCC. The Morgan fingerprint density at radius 2 is 1.17 bits per heavy atom. The predicted octanol–water partition coefficient (Wildman–Crippen LogP) is 3.00. The summed E-state index contributed by atoms with van der Waals surface area (Å²) < 4.78 is 22.4. The Morgan fingerprint density at radius 1 is 0.667 bits per heavy atom. The standard InChI is InChI=1S/C14H30O4/c1-6-15-12(5)10-13(16-7-2)11-14(17-8-3)18-9-4/h12-14H,6-11H2,1-5H3. The third kappa shape index (κ3) is 8.86. The Kier molecular flexibility index (Phi) is 11.8. The minimum atomic E-state index is -0.176. The van der Waals surface area contributed by atoms with Crippen LogP contribution in [0.3, 0.4) is 0 Å². The molecule has 0 aliphatic carbocycles. The molecule has 0 aliphatic rings. The van der Waals surface area contributed by atoms with Crippen LogP contribution >= 0.6 is 0 Å². The van der Waals surface area contributed by atoms with Gasteiger partial charge in [-0.15, -0.1) is 0 Å². The molecule has 110 valence electrons. The molecule has 0 amide bonds. The van der Waals surface area contributed by atoms with E-state index in [1.807, 2.05) is 27.7 Å². The van der Waals surface area contributed by atoms with Gasteiger partial charge in [0.2, 0.25) is 0 Å². The Labute approximate surface area is 112 Å². The molecule has 0 radical (unpaired) electrons. The second kappa shape index (κ2) is 11.9. The molecule has 0 N–H and O–H groups in total. The number of ether oxygens (including phenoxy) is 4. The first-order valence-electron chi connectivity index (χ1n) is 7.14. The Hall–Kier alpha value is -0.160. The number of hydrogen-bond acceptors (Lipinski definition) is 4. The highest BCUT2D eigenvalue weighted by molar-refractivity contribution is 4.65. The van der Waals surface area contributed by atoms with Crippen molar-refractivity contribution in [2.75, 3.05) is 26.4 Å². The number of rotatable bonds is 12. The fourth-order valence-electron chi connectivity index (χ4n) is 1.96. The molecule has 0 bridgehead atoms. The van der Waals surface area contributed by atoms with Crippen LogP contribution in [-0.2, 0) is 18.9 Å². The van der Waals surface area contributed by atoms with Crippen LogP contribution in [0, 0.1) is 0 Å². The van der Waals surface area contributed by atoms with Gasteiger partial charge < -0.3 is 18.9 Å². The average Bonchev–Trinajstić information content (AvgIpc) is 2.30. The molecule has 0 rings (SSSR count). The van der Waals surface area contributed by atoms with Gasteiger partial charge in [-0.25, -0.2) is 0 Å². The fraction of sp³-hybridized carbons (Fsp3) is 1.00. The maximum absolute atomic E-state index is 5.74. The van der Waals surface area contributed by atoms with Crippen molar-refractivity contribution in [1.82, 2.24) is 0 Å². The van der Waals surface area contributed by atoms with E-state index < -0.39 is 0 Å². The van der Waals surface area contributed by atoms with E-state index in [1.165, 1.54) is 0 Å². The summed E-state index contributed by atoms with van der Waals surface area (Å²) in [5.74, 6) is 0. The monoisotopic (exact) mass is 262 g/mol. The van der Waals surface area contributed by atoms with Crippen molar-refractivity contribution in [3.05, 3.63) is 0 Å². The van der Waals surface area contributed by atoms with Crippen LogP contribution in [-0.4, -0.2) is 44.9 Å². The Morgan fingerprint density at radius 3 is 1.61 bits per heavy atom. The largest absolute Gasteiger partial charge is 0.379 e. The smallest absolute Gasteiger partial charge is 0.160 e. The molecular formula is C14H30O4. The molecule has 2 atom stereocenters. The molecule has 2 unspecified atom stereocenters. The lowest BCUT2D eigenvalue weighted by Gasteiger charge is -2.25. The van der Waals surface area contributed by atoms with Crippen LogP contribution < -0.4 is 0 Å². The average molecular weight is 262 g/mol. The highest BCUT2D eigenvalue weighted by Gasteiger charge is 2.19. The van der Waals surface area contributed by atoms with Gasteiger partial charge in [0.05, 0.1) is 12.2 Å². The van der Waals surface area contributed by atoms with Crippen molar-refractivity contribution in [1.29, 1.82) is 0 Å². The lowest BCUT2D eigenvalue weighted by Crippen LogP contribution is -2.29. The molecule has 0 fully saturated rings. The van der Waals surface area contributed by atoms with Crippen LogP contribution in [0.15, 0.2) is 0 Å². The first kappa shape index (κ1) is 17.8. The Balaban J connectivity index is 4.19. The lowest BCUT2D eigenvalue weighted by molar-refractivity contribution is -0.160. The second-order valence-corrected chi connectivity index (χ2v) is 4.15. The van der Waals surface area contributed by atoms with Crippen molar-refractivity contribution in [2.45, 2.75) is 66.0 Å². The quantitative estimate of drug-likeness (QED) is 0.507. The summed E-state index contributed by atoms with van der Waals surface area (Å²) >= 11 is 0. The summed E-state index contributed by atoms with van der Waals surface area (Å²) in [5, 5.41) is 0. The van der Waals surface area contributed by atoms with Gasteiger partial charge in [-0.1, -0.05) is 0 Å². The topological polar surface area (TPSA) is 36.9 Å². The highest BCUT2D eigenvalue weighted by atomic mass is 16.7. The van der Waals surface area contributed by atoms with Gasteiger partial charge in [-0.05, 0) is 41.0 Å². The highest BCUT2D eigenvalue weighted by Crippen LogP contribution is 2.15. The summed E-state index contributed by atoms with van der Waals surface area (Å²) in [6.45, 7) is 12.8. The molecule has 4 heteroatoms. The molecule has 18 heavy (non-hydrogen) atoms. The van der Waals surface area contributed by atoms with Crippen LogP contribution in [0.5, 0.6) is 0 Å². The first-order valence-corrected chi connectivity index (χ1v) is 7.14. The van der Waals surface area contributed by atoms with Gasteiger partial charge in [0.25, 0.3) is 0 Å². The normalized spacial score (nSPS) is 15.0. The zero-order valence-corrected chi connectivity index (χ0v) is 12.6. The van der Waals surface area contributed by atoms with Gasteiger partial charge in [0.15, 0.2) is 6.29 Å². The molecule has 0 aromatic carbocycles. The maximum atomic E-state index is 5.74. The minimum Gasteiger partial charge on any atom is -0.379 e. The molecule has 0 heterocycles. The summed E-state index contributed by atoms with van der Waals surface area (Å²) in [4.78, 5) is 0. The first-order chi connectivity index (χ1) is 8.67. The van der Waals surface area contributed by atoms with E-state index in [1.54, 1.807) is 0 Å². The third-order valence-electron chi connectivity index (χ3n) is 2.61. The summed E-state index contributed by atoms with van der Waals surface area (Å²) in [6, 6.07) is 0. The summed E-state index contributed by atoms with van der Waals surface area (Å²) in [5.41, 5.74) is 0. The van der Waals surface area contributed by atoms with Crippen LogP contribution in [0.4, 0.5) is 0 Å². The van der Waals surface area contributed by atoms with Crippen LogP contribution in [0.1, 0.15) is 47.5 Å². The van der Waals surface area contributed by atoms with E-state index in [2.05, 4.69) is 6.92 Å². The van der Waals surface area contributed by atoms with Crippen molar-refractivity contribution in [2.24, 2.45) is 0 Å². The summed E-state index contributed by atoms with van der Waals surface area (Å²) in [6.07, 6.45) is 1.78. The van der Waals surface area contributed by atoms with Gasteiger partial charge in [0.1, 0.15) is 0 Å². The predicted molar refractivity (Wildman–Crippen MR) is 72.8 cm³/mol. The molecule has 4 nitrogen and oxygen atoms in total. The van der Waals surface area contributed by atoms with Crippen molar-refractivity contribution in [3.63, 3.8) is 0 Å².